The van der Waals surface area contributed by atoms with E-state index in [1.807, 2.05) is 0 Å². The van der Waals surface area contributed by atoms with Gasteiger partial charge < -0.3 is 14.5 Å². The molecule has 0 atom stereocenters. The van der Waals surface area contributed by atoms with Gasteiger partial charge in [0.05, 0.1) is 5.69 Å². The molecule has 5 nitrogen and oxygen atoms in total. The summed E-state index contributed by atoms with van der Waals surface area (Å²) in [4.78, 5) is 13.8. The number of nitrogens with one attached hydrogen (secondary N) is 1. The molecule has 7 heteroatoms. The predicted octanol–water partition coefficient (Wildman–Crippen LogP) is 1.49. The molecule has 0 unspecified atom stereocenters. The van der Waals surface area contributed by atoms with E-state index in [0.717, 1.165) is 0 Å². The van der Waals surface area contributed by atoms with E-state index >= 15 is 0 Å². The number of nitrogens with zero attached hydrogens (tertiary/aromatic N) is 1. The van der Waals surface area contributed by atoms with E-state index in [1.54, 1.807) is 0 Å². The Kier molecular flexibility index (Phi) is 1.80. The monoisotopic (exact) mass is 240 g/mol. The molecule has 0 radical (unpaired) electrons. The Hall–Kier alpha value is -2.31. The van der Waals surface area contributed by atoms with Gasteiger partial charge in [0.1, 0.15) is 0 Å². The molecule has 0 saturated heterocycles. The molecule has 1 aromatic heterocycles. The minimum Gasteiger partial charge on any atom is -0.395 e. The van der Waals surface area contributed by atoms with Gasteiger partial charge in [-0.05, 0) is 12.1 Å². The van der Waals surface area contributed by atoms with Crippen molar-refractivity contribution >= 4 is 0 Å². The summed E-state index contributed by atoms with van der Waals surface area (Å²) >= 11 is 0. The van der Waals surface area contributed by atoms with Crippen LogP contribution in [0.25, 0.3) is 5.69 Å². The van der Waals surface area contributed by atoms with Gasteiger partial charge >= 0.3 is 12.0 Å². The fourth-order valence-corrected chi connectivity index (χ4v) is 1.61. The van der Waals surface area contributed by atoms with Crippen LogP contribution in [0, 0.1) is 0 Å². The molecule has 1 aliphatic heterocycles. The van der Waals surface area contributed by atoms with Gasteiger partial charge in [-0.15, -0.1) is 8.78 Å². The number of hydrogen-bond acceptors (Lipinski definition) is 3. The molecule has 1 aliphatic rings. The molecule has 0 bridgehead atoms. The fourth-order valence-electron chi connectivity index (χ4n) is 1.61. The molecule has 3 rings (SSSR count). The first kappa shape index (κ1) is 9.88. The lowest BCUT2D eigenvalue weighted by molar-refractivity contribution is -0.286. The minimum atomic E-state index is -3.65. The van der Waals surface area contributed by atoms with Crippen molar-refractivity contribution in [3.8, 4) is 17.2 Å². The summed E-state index contributed by atoms with van der Waals surface area (Å²) in [6.07, 6.45) is -0.719. The van der Waals surface area contributed by atoms with Gasteiger partial charge in [0, 0.05) is 18.5 Å². The highest BCUT2D eigenvalue weighted by molar-refractivity contribution is 5.50. The average molecular weight is 240 g/mol. The molecule has 0 saturated carbocycles. The number of ether oxygens (including phenoxy) is 2. The predicted molar refractivity (Wildman–Crippen MR) is 52.6 cm³/mol. The Balaban J connectivity index is 2.08. The van der Waals surface area contributed by atoms with E-state index in [9.17, 15) is 13.6 Å². The first-order chi connectivity index (χ1) is 8.05. The van der Waals surface area contributed by atoms with Gasteiger partial charge in [0.25, 0.3) is 0 Å². The highest BCUT2D eigenvalue weighted by Gasteiger charge is 2.43. The van der Waals surface area contributed by atoms with Crippen molar-refractivity contribution < 1.29 is 18.3 Å². The zero-order valence-electron chi connectivity index (χ0n) is 8.31. The third-order valence-electron chi connectivity index (χ3n) is 2.31. The summed E-state index contributed by atoms with van der Waals surface area (Å²) in [6, 6.07) is 4.12. The van der Waals surface area contributed by atoms with E-state index in [1.165, 1.54) is 35.2 Å². The smallest absolute Gasteiger partial charge is 0.395 e. The molecule has 88 valence electrons. The maximum Gasteiger partial charge on any atom is 0.586 e. The van der Waals surface area contributed by atoms with Gasteiger partial charge in [-0.1, -0.05) is 0 Å². The average Bonchev–Trinajstić information content (AvgIpc) is 2.78. The van der Waals surface area contributed by atoms with E-state index in [-0.39, 0.29) is 17.2 Å². The zero-order chi connectivity index (χ0) is 12.0. The number of benzene rings is 1. The van der Waals surface area contributed by atoms with Crippen molar-refractivity contribution in [2.75, 3.05) is 0 Å². The minimum absolute atomic E-state index is 0.0534. The topological polar surface area (TPSA) is 56.2 Å². The highest BCUT2D eigenvalue weighted by atomic mass is 19.3. The number of H-pyrrole nitrogens is 1. The molecule has 2 heterocycles. The van der Waals surface area contributed by atoms with Crippen LogP contribution in [-0.4, -0.2) is 15.8 Å². The molecule has 0 amide bonds. The fraction of sp³-hybridized carbons (Fsp3) is 0.100. The Morgan fingerprint density at radius 2 is 2.00 bits per heavy atom. The number of fused-ring (bicyclic) bond motifs is 1. The number of aromatic amines is 1. The van der Waals surface area contributed by atoms with Crippen LogP contribution in [0.15, 0.2) is 35.4 Å². The number of rotatable bonds is 1. The van der Waals surface area contributed by atoms with Crippen molar-refractivity contribution in [1.82, 2.24) is 9.55 Å². The van der Waals surface area contributed by atoms with Crippen LogP contribution in [0.1, 0.15) is 0 Å². The van der Waals surface area contributed by atoms with Crippen molar-refractivity contribution in [3.05, 3.63) is 41.1 Å². The molecular weight excluding hydrogens is 234 g/mol. The number of aromatic nitrogens is 2. The van der Waals surface area contributed by atoms with Crippen molar-refractivity contribution in [2.24, 2.45) is 0 Å². The molecule has 2 aromatic rings. The van der Waals surface area contributed by atoms with Gasteiger partial charge in [-0.3, -0.25) is 4.57 Å². The van der Waals surface area contributed by atoms with Crippen LogP contribution < -0.4 is 15.2 Å². The van der Waals surface area contributed by atoms with Crippen LogP contribution in [0.4, 0.5) is 8.78 Å². The molecular formula is C10H6F2N2O3. The second-order valence-electron chi connectivity index (χ2n) is 3.43. The van der Waals surface area contributed by atoms with E-state index in [2.05, 4.69) is 14.5 Å². The largest absolute Gasteiger partial charge is 0.586 e. The van der Waals surface area contributed by atoms with Crippen molar-refractivity contribution in [2.45, 2.75) is 6.29 Å². The molecule has 1 N–H and O–H groups in total. The Bertz CT molecular complexity index is 632. The second kappa shape index (κ2) is 3.09. The molecule has 0 spiro atoms. The van der Waals surface area contributed by atoms with E-state index < -0.39 is 6.29 Å². The lowest BCUT2D eigenvalue weighted by Crippen LogP contribution is -2.25. The van der Waals surface area contributed by atoms with Crippen LogP contribution in [-0.2, 0) is 0 Å². The summed E-state index contributed by atoms with van der Waals surface area (Å²) in [7, 11) is 0. The lowest BCUT2D eigenvalue weighted by atomic mass is 10.3. The summed E-state index contributed by atoms with van der Waals surface area (Å²) in [5.41, 5.74) is 0.0481. The SMILES string of the molecule is O=c1[nH]ccn1-c1ccc2c(c1)OC(F)(F)O2. The normalized spacial score (nSPS) is 16.1. The summed E-state index contributed by atoms with van der Waals surface area (Å²) in [5, 5.41) is 0. The number of alkyl halides is 2. The van der Waals surface area contributed by atoms with Gasteiger partial charge in [0.2, 0.25) is 0 Å². The molecule has 1 aromatic carbocycles. The maximum absolute atomic E-state index is 12.8. The lowest BCUT2D eigenvalue weighted by Gasteiger charge is -2.04. The van der Waals surface area contributed by atoms with Crippen molar-refractivity contribution in [1.29, 1.82) is 0 Å². The third-order valence-corrected chi connectivity index (χ3v) is 2.31. The molecule has 17 heavy (non-hydrogen) atoms. The molecule has 0 aliphatic carbocycles. The Morgan fingerprint density at radius 3 is 2.71 bits per heavy atom. The van der Waals surface area contributed by atoms with Gasteiger partial charge in [0.15, 0.2) is 11.5 Å². The van der Waals surface area contributed by atoms with Gasteiger partial charge in [-0.2, -0.15) is 0 Å². The maximum atomic E-state index is 12.8. The van der Waals surface area contributed by atoms with E-state index in [0.29, 0.717) is 5.69 Å². The van der Waals surface area contributed by atoms with Crippen LogP contribution in [0.2, 0.25) is 0 Å². The zero-order valence-corrected chi connectivity index (χ0v) is 8.31. The number of halogens is 2. The standard InChI is InChI=1S/C10H6F2N2O3/c11-10(12)16-7-2-1-6(5-8(7)17-10)14-4-3-13-9(14)15/h1-5H,(H,13,15). The summed E-state index contributed by atoms with van der Waals surface area (Å²) in [5.74, 6) is -0.150. The highest BCUT2D eigenvalue weighted by Crippen LogP contribution is 2.41. The quantitative estimate of drug-likeness (QED) is 0.821. The van der Waals surface area contributed by atoms with E-state index in [4.69, 9.17) is 0 Å². The second-order valence-corrected chi connectivity index (χ2v) is 3.43. The summed E-state index contributed by atoms with van der Waals surface area (Å²) < 4.78 is 35.3. The van der Waals surface area contributed by atoms with Crippen molar-refractivity contribution in [3.63, 3.8) is 0 Å². The first-order valence-electron chi connectivity index (χ1n) is 4.71. The van der Waals surface area contributed by atoms with Crippen LogP contribution in [0.5, 0.6) is 11.5 Å². The van der Waals surface area contributed by atoms with Gasteiger partial charge in [-0.25, -0.2) is 4.79 Å². The third kappa shape index (κ3) is 1.55. The number of imidazole rings is 1. The summed E-state index contributed by atoms with van der Waals surface area (Å²) in [6.45, 7) is 0. The van der Waals surface area contributed by atoms with Crippen LogP contribution in [0.3, 0.4) is 0 Å². The Labute approximate surface area is 93.2 Å². The molecule has 0 fully saturated rings. The van der Waals surface area contributed by atoms with Crippen LogP contribution >= 0.6 is 0 Å². The Morgan fingerprint density at radius 1 is 1.24 bits per heavy atom. The number of hydrogen-bond donors (Lipinski definition) is 1. The first-order valence-corrected chi connectivity index (χ1v) is 4.71.